The van der Waals surface area contributed by atoms with E-state index in [0.717, 1.165) is 12.8 Å². The first kappa shape index (κ1) is 25.3. The van der Waals surface area contributed by atoms with E-state index < -0.39 is 17.7 Å². The number of rotatable bonds is 12. The molecule has 0 saturated carbocycles. The third-order valence-corrected chi connectivity index (χ3v) is 5.53. The van der Waals surface area contributed by atoms with Gasteiger partial charge < -0.3 is 24.2 Å². The van der Waals surface area contributed by atoms with Gasteiger partial charge in [0, 0.05) is 25.8 Å². The van der Waals surface area contributed by atoms with E-state index in [9.17, 15) is 14.7 Å². The summed E-state index contributed by atoms with van der Waals surface area (Å²) in [5.41, 5.74) is 1.22. The summed E-state index contributed by atoms with van der Waals surface area (Å²) >= 11 is 0. The number of carbonyl (C=O) groups excluding carboxylic acids is 2. The van der Waals surface area contributed by atoms with Crippen LogP contribution in [0.3, 0.4) is 0 Å². The number of hydrogen-bond donors (Lipinski definition) is 1. The van der Waals surface area contributed by atoms with Crippen molar-refractivity contribution in [2.75, 3.05) is 33.5 Å². The van der Waals surface area contributed by atoms with Gasteiger partial charge in [0.05, 0.1) is 24.8 Å². The molecule has 0 aliphatic carbocycles. The minimum absolute atomic E-state index is 0.0669. The maximum absolute atomic E-state index is 13.1. The molecule has 182 valence electrons. The number of nitrogens with zero attached hydrogens (tertiary/aromatic N) is 1. The van der Waals surface area contributed by atoms with Crippen LogP contribution in [0.1, 0.15) is 50.3 Å². The summed E-state index contributed by atoms with van der Waals surface area (Å²) < 4.78 is 16.5. The highest BCUT2D eigenvalue weighted by molar-refractivity contribution is 6.46. The zero-order chi connectivity index (χ0) is 24.5. The van der Waals surface area contributed by atoms with E-state index in [4.69, 9.17) is 14.2 Å². The topological polar surface area (TPSA) is 85.3 Å². The van der Waals surface area contributed by atoms with Crippen molar-refractivity contribution in [2.24, 2.45) is 0 Å². The van der Waals surface area contributed by atoms with Crippen LogP contribution in [-0.4, -0.2) is 55.2 Å². The Morgan fingerprint density at radius 3 is 2.26 bits per heavy atom. The molecule has 2 aromatic rings. The van der Waals surface area contributed by atoms with Crippen LogP contribution in [0.15, 0.2) is 54.1 Å². The quantitative estimate of drug-likeness (QED) is 0.210. The summed E-state index contributed by atoms with van der Waals surface area (Å²) in [5, 5.41) is 11.2. The number of methoxy groups -OCH3 is 1. The van der Waals surface area contributed by atoms with E-state index in [-0.39, 0.29) is 11.3 Å². The fourth-order valence-corrected chi connectivity index (χ4v) is 3.92. The van der Waals surface area contributed by atoms with Gasteiger partial charge >= 0.3 is 0 Å². The van der Waals surface area contributed by atoms with Crippen molar-refractivity contribution in [3.05, 3.63) is 65.2 Å². The Morgan fingerprint density at radius 1 is 0.941 bits per heavy atom. The molecule has 1 fully saturated rings. The largest absolute Gasteiger partial charge is 0.507 e. The molecule has 1 heterocycles. The fraction of sp³-hybridized carbons (Fsp3) is 0.407. The molecule has 7 nitrogen and oxygen atoms in total. The summed E-state index contributed by atoms with van der Waals surface area (Å²) in [4.78, 5) is 27.6. The molecule has 1 aliphatic heterocycles. The van der Waals surface area contributed by atoms with Crippen LogP contribution in [0.25, 0.3) is 5.76 Å². The van der Waals surface area contributed by atoms with Crippen LogP contribution < -0.4 is 9.47 Å². The average molecular weight is 468 g/mol. The van der Waals surface area contributed by atoms with E-state index in [2.05, 4.69) is 0 Å². The number of Topliss-reactive ketones (excluding diaryl/α,β-unsaturated/α-hetero) is 1. The van der Waals surface area contributed by atoms with Crippen molar-refractivity contribution < 1.29 is 28.9 Å². The molecule has 7 heteroatoms. The van der Waals surface area contributed by atoms with Crippen molar-refractivity contribution in [3.8, 4) is 11.5 Å². The second kappa shape index (κ2) is 12.2. The maximum atomic E-state index is 13.1. The molecule has 1 atom stereocenters. The lowest BCUT2D eigenvalue weighted by Gasteiger charge is -2.25. The number of amides is 1. The van der Waals surface area contributed by atoms with Crippen molar-refractivity contribution in [2.45, 2.75) is 39.2 Å². The predicted octanol–water partition coefficient (Wildman–Crippen LogP) is 4.72. The second-order valence-electron chi connectivity index (χ2n) is 8.13. The SMILES string of the molecule is CCCOc1ccc(C(O)=C2C(=O)C(=O)N(CCCOC)C2c2cccc(OCCC)c2)cc1. The minimum Gasteiger partial charge on any atom is -0.507 e. The van der Waals surface area contributed by atoms with E-state index in [1.54, 1.807) is 31.4 Å². The molecule has 0 spiro atoms. The van der Waals surface area contributed by atoms with Gasteiger partial charge in [0.15, 0.2) is 0 Å². The molecule has 0 aromatic heterocycles. The highest BCUT2D eigenvalue weighted by atomic mass is 16.5. The predicted molar refractivity (Wildman–Crippen MR) is 130 cm³/mol. The Hall–Kier alpha value is -3.32. The number of ketones is 1. The number of likely N-dealkylation sites (tertiary alicyclic amines) is 1. The third-order valence-electron chi connectivity index (χ3n) is 5.53. The molecule has 0 radical (unpaired) electrons. The number of benzene rings is 2. The van der Waals surface area contributed by atoms with E-state index >= 15 is 0 Å². The smallest absolute Gasteiger partial charge is 0.295 e. The summed E-state index contributed by atoms with van der Waals surface area (Å²) in [5.74, 6) is -0.217. The Labute approximate surface area is 200 Å². The summed E-state index contributed by atoms with van der Waals surface area (Å²) in [6.07, 6.45) is 2.31. The number of hydrogen-bond acceptors (Lipinski definition) is 6. The molecular formula is C27H33NO6. The number of aliphatic hydroxyl groups is 1. The molecule has 1 aliphatic rings. The lowest BCUT2D eigenvalue weighted by Crippen LogP contribution is -2.31. The molecule has 3 rings (SSSR count). The number of aliphatic hydroxyl groups excluding tert-OH is 1. The molecule has 1 saturated heterocycles. The van der Waals surface area contributed by atoms with Crippen molar-refractivity contribution >= 4 is 17.4 Å². The van der Waals surface area contributed by atoms with Gasteiger partial charge in [-0.2, -0.15) is 0 Å². The Kier molecular flexibility index (Phi) is 9.10. The van der Waals surface area contributed by atoms with E-state index in [0.29, 0.717) is 55.4 Å². The van der Waals surface area contributed by atoms with Crippen LogP contribution >= 0.6 is 0 Å². The van der Waals surface area contributed by atoms with Gasteiger partial charge in [-0.05, 0) is 61.2 Å². The molecule has 0 bridgehead atoms. The Bertz CT molecular complexity index is 1010. The van der Waals surface area contributed by atoms with E-state index in [1.807, 2.05) is 38.1 Å². The normalized spacial score (nSPS) is 17.3. The van der Waals surface area contributed by atoms with Crippen molar-refractivity contribution in [3.63, 3.8) is 0 Å². The van der Waals surface area contributed by atoms with Gasteiger partial charge in [0.2, 0.25) is 0 Å². The Morgan fingerprint density at radius 2 is 1.62 bits per heavy atom. The lowest BCUT2D eigenvalue weighted by atomic mass is 9.95. The van der Waals surface area contributed by atoms with Gasteiger partial charge in [0.1, 0.15) is 17.3 Å². The fourth-order valence-electron chi connectivity index (χ4n) is 3.92. The van der Waals surface area contributed by atoms with Crippen LogP contribution in [0.5, 0.6) is 11.5 Å². The first-order valence-electron chi connectivity index (χ1n) is 11.7. The standard InChI is InChI=1S/C27H33NO6/c1-4-15-33-21-12-10-19(11-13-21)25(29)23-24(20-8-6-9-22(18-20)34-16-5-2)28(14-7-17-32-3)27(31)26(23)30/h6,8-13,18,24,29H,4-5,7,14-17H2,1-3H3. The van der Waals surface area contributed by atoms with Crippen LogP contribution in [0, 0.1) is 0 Å². The van der Waals surface area contributed by atoms with Crippen LogP contribution in [-0.2, 0) is 14.3 Å². The molecule has 1 amide bonds. The number of carbonyl (C=O) groups is 2. The van der Waals surface area contributed by atoms with Gasteiger partial charge in [-0.25, -0.2) is 0 Å². The summed E-state index contributed by atoms with van der Waals surface area (Å²) in [6.45, 7) is 5.97. The van der Waals surface area contributed by atoms with Gasteiger partial charge in [-0.15, -0.1) is 0 Å². The molecule has 1 N–H and O–H groups in total. The molecular weight excluding hydrogens is 434 g/mol. The third kappa shape index (κ3) is 5.78. The molecule has 2 aromatic carbocycles. The minimum atomic E-state index is -0.724. The van der Waals surface area contributed by atoms with Crippen LogP contribution in [0.4, 0.5) is 0 Å². The Balaban J connectivity index is 2.03. The van der Waals surface area contributed by atoms with E-state index in [1.165, 1.54) is 4.90 Å². The molecule has 34 heavy (non-hydrogen) atoms. The highest BCUT2D eigenvalue weighted by Gasteiger charge is 2.45. The first-order valence-corrected chi connectivity index (χ1v) is 11.7. The van der Waals surface area contributed by atoms with Crippen molar-refractivity contribution in [1.29, 1.82) is 0 Å². The maximum Gasteiger partial charge on any atom is 0.295 e. The van der Waals surface area contributed by atoms with Gasteiger partial charge in [-0.3, -0.25) is 9.59 Å². The average Bonchev–Trinajstić information content (AvgIpc) is 3.11. The number of ether oxygens (including phenoxy) is 3. The van der Waals surface area contributed by atoms with Gasteiger partial charge in [0.25, 0.3) is 11.7 Å². The molecule has 1 unspecified atom stereocenters. The summed E-state index contributed by atoms with van der Waals surface area (Å²) in [6, 6.07) is 13.5. The van der Waals surface area contributed by atoms with Crippen molar-refractivity contribution in [1.82, 2.24) is 4.90 Å². The summed E-state index contributed by atoms with van der Waals surface area (Å²) in [7, 11) is 1.59. The second-order valence-corrected chi connectivity index (χ2v) is 8.13. The zero-order valence-corrected chi connectivity index (χ0v) is 20.1. The van der Waals surface area contributed by atoms with Crippen LogP contribution in [0.2, 0.25) is 0 Å². The lowest BCUT2D eigenvalue weighted by molar-refractivity contribution is -0.140. The monoisotopic (exact) mass is 467 g/mol. The zero-order valence-electron chi connectivity index (χ0n) is 20.1. The highest BCUT2D eigenvalue weighted by Crippen LogP contribution is 2.40. The van der Waals surface area contributed by atoms with Gasteiger partial charge in [-0.1, -0.05) is 26.0 Å². The first-order chi connectivity index (χ1) is 16.5.